The lowest BCUT2D eigenvalue weighted by molar-refractivity contribution is 0.0916. The molecule has 2 N–H and O–H groups in total. The zero-order valence-corrected chi connectivity index (χ0v) is 23.2. The van der Waals surface area contributed by atoms with Gasteiger partial charge in [0, 0.05) is 17.1 Å². The number of benzene rings is 1. The molecule has 2 aliphatic rings. The van der Waals surface area contributed by atoms with Crippen LogP contribution in [-0.2, 0) is 17.4 Å². The van der Waals surface area contributed by atoms with Crippen molar-refractivity contribution in [1.82, 2.24) is 15.0 Å². The van der Waals surface area contributed by atoms with E-state index in [4.69, 9.17) is 28.2 Å². The van der Waals surface area contributed by atoms with Gasteiger partial charge in [-0.2, -0.15) is 0 Å². The highest BCUT2D eigenvalue weighted by atomic mass is 35.5. The van der Waals surface area contributed by atoms with E-state index >= 15 is 0 Å². The van der Waals surface area contributed by atoms with Crippen LogP contribution in [0.3, 0.4) is 0 Å². The van der Waals surface area contributed by atoms with Crippen LogP contribution < -0.4 is 10.0 Å². The van der Waals surface area contributed by atoms with Crippen molar-refractivity contribution in [2.45, 2.75) is 95.0 Å². The van der Waals surface area contributed by atoms with Gasteiger partial charge in [0.15, 0.2) is 5.01 Å². The van der Waals surface area contributed by atoms with E-state index in [1.165, 1.54) is 43.4 Å². The minimum atomic E-state index is -1.50. The van der Waals surface area contributed by atoms with Crippen molar-refractivity contribution < 1.29 is 9.00 Å². The molecule has 1 atom stereocenters. The molecule has 2 fully saturated rings. The number of amides is 1. The summed E-state index contributed by atoms with van der Waals surface area (Å²) in [5.41, 5.74) is 1.32. The van der Waals surface area contributed by atoms with E-state index in [0.29, 0.717) is 25.9 Å². The molecule has 1 aromatic carbocycles. The summed E-state index contributed by atoms with van der Waals surface area (Å²) in [6, 6.07) is 3.70. The van der Waals surface area contributed by atoms with Crippen LogP contribution in [0.25, 0.3) is 10.4 Å². The Morgan fingerprint density at radius 3 is 2.41 bits per heavy atom. The molecule has 0 aliphatic heterocycles. The van der Waals surface area contributed by atoms with Crippen LogP contribution in [0.4, 0.5) is 0 Å². The van der Waals surface area contributed by atoms with Crippen molar-refractivity contribution in [3.63, 3.8) is 0 Å². The fourth-order valence-electron chi connectivity index (χ4n) is 4.44. The van der Waals surface area contributed by atoms with E-state index in [1.54, 1.807) is 12.1 Å². The standard InChI is InChI=1S/C25H33Cl2N3O2S2/c1-25(2,3)30-34(32)21-14-18(26)17(13-19(21)27)22-20(12-15-8-5-4-6-9-15)29-24(33-22)23(31)28-16-10-7-11-16/h13-16,30H,4-12H2,1-3H3,(H,28,31). The maximum absolute atomic E-state index is 12.9. The van der Waals surface area contributed by atoms with E-state index in [9.17, 15) is 9.00 Å². The average Bonchev–Trinajstić information content (AvgIpc) is 3.15. The van der Waals surface area contributed by atoms with Crippen molar-refractivity contribution in [3.8, 4) is 10.4 Å². The van der Waals surface area contributed by atoms with Crippen molar-refractivity contribution >= 4 is 51.4 Å². The molecule has 1 unspecified atom stereocenters. The number of hydrogen-bond acceptors (Lipinski definition) is 4. The van der Waals surface area contributed by atoms with Crippen molar-refractivity contribution in [3.05, 3.63) is 32.9 Å². The third-order valence-corrected chi connectivity index (χ3v) is 9.81. The number of carbonyl (C=O) groups is 1. The molecule has 2 saturated carbocycles. The second-order valence-electron chi connectivity index (χ2n) is 10.5. The lowest BCUT2D eigenvalue weighted by Crippen LogP contribution is -2.39. The van der Waals surface area contributed by atoms with Gasteiger partial charge in [0.05, 0.1) is 25.5 Å². The molecule has 5 nitrogen and oxygen atoms in total. The first-order valence-electron chi connectivity index (χ1n) is 12.1. The SMILES string of the molecule is CC(C)(C)NS(=O)c1cc(Cl)c(-c2sc(C(=O)NC3CCC3)nc2CC2CCCCC2)cc1Cl. The summed E-state index contributed by atoms with van der Waals surface area (Å²) >= 11 is 14.7. The maximum atomic E-state index is 12.9. The van der Waals surface area contributed by atoms with E-state index in [-0.39, 0.29) is 17.5 Å². The van der Waals surface area contributed by atoms with Gasteiger partial charge in [-0.3, -0.25) is 4.79 Å². The molecule has 1 aromatic heterocycles. The van der Waals surface area contributed by atoms with Gasteiger partial charge >= 0.3 is 0 Å². The Kier molecular flexibility index (Phi) is 8.40. The van der Waals surface area contributed by atoms with Crippen molar-refractivity contribution in [2.75, 3.05) is 0 Å². The fraction of sp³-hybridized carbons (Fsp3) is 0.600. The predicted molar refractivity (Wildman–Crippen MR) is 142 cm³/mol. The molecule has 0 saturated heterocycles. The van der Waals surface area contributed by atoms with Crippen LogP contribution in [0.1, 0.15) is 87.6 Å². The summed E-state index contributed by atoms with van der Waals surface area (Å²) in [5, 5.41) is 4.42. The van der Waals surface area contributed by atoms with Gasteiger partial charge in [-0.15, -0.1) is 11.3 Å². The number of carbonyl (C=O) groups excluding carboxylic acids is 1. The topological polar surface area (TPSA) is 71.1 Å². The molecule has 2 aromatic rings. The van der Waals surface area contributed by atoms with Gasteiger partial charge in [-0.1, -0.05) is 55.3 Å². The molecule has 9 heteroatoms. The first kappa shape index (κ1) is 26.1. The van der Waals surface area contributed by atoms with Crippen molar-refractivity contribution in [2.24, 2.45) is 5.92 Å². The largest absolute Gasteiger partial charge is 0.347 e. The summed E-state index contributed by atoms with van der Waals surface area (Å²) in [7, 11) is -1.50. The maximum Gasteiger partial charge on any atom is 0.280 e. The van der Waals surface area contributed by atoms with E-state index in [0.717, 1.165) is 41.8 Å². The number of aromatic nitrogens is 1. The third kappa shape index (κ3) is 6.41. The highest BCUT2D eigenvalue weighted by molar-refractivity contribution is 7.83. The van der Waals surface area contributed by atoms with Gasteiger partial charge in [0.1, 0.15) is 11.0 Å². The molecule has 4 rings (SSSR count). The second kappa shape index (κ2) is 11.0. The van der Waals surface area contributed by atoms with Crippen LogP contribution in [0.15, 0.2) is 17.0 Å². The minimum absolute atomic E-state index is 0.111. The average molecular weight is 543 g/mol. The van der Waals surface area contributed by atoms with Crippen LogP contribution in [0.5, 0.6) is 0 Å². The van der Waals surface area contributed by atoms with Crippen LogP contribution in [0, 0.1) is 5.92 Å². The summed E-state index contributed by atoms with van der Waals surface area (Å²) in [6.07, 6.45) is 10.2. The summed E-state index contributed by atoms with van der Waals surface area (Å²) in [6.45, 7) is 5.83. The number of rotatable bonds is 7. The van der Waals surface area contributed by atoms with Crippen molar-refractivity contribution in [1.29, 1.82) is 0 Å². The van der Waals surface area contributed by atoms with Gasteiger partial charge in [0.2, 0.25) is 0 Å². The lowest BCUT2D eigenvalue weighted by Gasteiger charge is -2.25. The van der Waals surface area contributed by atoms with Gasteiger partial charge in [0.25, 0.3) is 5.91 Å². The molecule has 1 heterocycles. The summed E-state index contributed by atoms with van der Waals surface area (Å²) in [5.74, 6) is 0.453. The second-order valence-corrected chi connectivity index (χ2v) is 13.5. The zero-order chi connectivity index (χ0) is 24.5. The molecule has 0 bridgehead atoms. The van der Waals surface area contributed by atoms with Crippen LogP contribution in [-0.4, -0.2) is 26.7 Å². The molecule has 2 aliphatic carbocycles. The first-order valence-corrected chi connectivity index (χ1v) is 14.8. The number of thiazole rings is 1. The summed E-state index contributed by atoms with van der Waals surface area (Å²) in [4.78, 5) is 19.0. The normalized spacial score (nSPS) is 18.5. The number of nitrogens with one attached hydrogen (secondary N) is 2. The van der Waals surface area contributed by atoms with E-state index in [1.807, 2.05) is 20.8 Å². The van der Waals surface area contributed by atoms with Gasteiger partial charge in [-0.05, 0) is 64.5 Å². The number of halogens is 2. The third-order valence-electron chi connectivity index (χ3n) is 6.40. The Hall–Kier alpha value is -0.990. The highest BCUT2D eigenvalue weighted by Crippen LogP contribution is 2.41. The first-order chi connectivity index (χ1) is 16.1. The predicted octanol–water partition coefficient (Wildman–Crippen LogP) is 6.93. The fourth-order valence-corrected chi connectivity index (χ4v) is 7.35. The molecule has 0 spiro atoms. The molecule has 186 valence electrons. The van der Waals surface area contributed by atoms with Gasteiger partial charge in [-0.25, -0.2) is 13.9 Å². The Labute approximate surface area is 219 Å². The zero-order valence-electron chi connectivity index (χ0n) is 20.0. The Bertz CT molecular complexity index is 1070. The monoisotopic (exact) mass is 541 g/mol. The Morgan fingerprint density at radius 2 is 1.79 bits per heavy atom. The Morgan fingerprint density at radius 1 is 1.09 bits per heavy atom. The lowest BCUT2D eigenvalue weighted by atomic mass is 9.85. The quantitative estimate of drug-likeness (QED) is 0.399. The Balaban J connectivity index is 1.67. The van der Waals surface area contributed by atoms with Gasteiger partial charge < -0.3 is 5.32 Å². The molecular formula is C25H33Cl2N3O2S2. The van der Waals surface area contributed by atoms with E-state index in [2.05, 4.69) is 10.0 Å². The molecular weight excluding hydrogens is 509 g/mol. The van der Waals surface area contributed by atoms with Crippen LogP contribution >= 0.6 is 34.5 Å². The highest BCUT2D eigenvalue weighted by Gasteiger charge is 2.27. The number of nitrogens with zero attached hydrogens (tertiary/aromatic N) is 1. The molecule has 0 radical (unpaired) electrons. The molecule has 1 amide bonds. The van der Waals surface area contributed by atoms with E-state index < -0.39 is 11.0 Å². The summed E-state index contributed by atoms with van der Waals surface area (Å²) < 4.78 is 15.9. The smallest absolute Gasteiger partial charge is 0.280 e. The van der Waals surface area contributed by atoms with Crippen LogP contribution in [0.2, 0.25) is 10.0 Å². The number of hydrogen-bond donors (Lipinski definition) is 2. The molecule has 34 heavy (non-hydrogen) atoms. The minimum Gasteiger partial charge on any atom is -0.347 e.